The standard InChI is InChI=1S/C17H26N2O5S/c1-4-25(21,22)19-9-7-14(8-10-19)18-17(20)12-13-5-6-15(23-2)16(11-13)24-3/h5-6,11,14H,4,7-10,12H2,1-3H3,(H,18,20). The Balaban J connectivity index is 1.87. The quantitative estimate of drug-likeness (QED) is 0.779. The van der Waals surface area contributed by atoms with Crippen molar-refractivity contribution in [3.05, 3.63) is 23.8 Å². The van der Waals surface area contributed by atoms with Crippen LogP contribution >= 0.6 is 0 Å². The molecule has 1 N–H and O–H groups in total. The van der Waals surface area contributed by atoms with Gasteiger partial charge in [0.1, 0.15) is 0 Å². The molecule has 0 unspecified atom stereocenters. The maximum Gasteiger partial charge on any atom is 0.224 e. The van der Waals surface area contributed by atoms with Crippen molar-refractivity contribution in [2.75, 3.05) is 33.1 Å². The zero-order valence-electron chi connectivity index (χ0n) is 14.9. The highest BCUT2D eigenvalue weighted by Crippen LogP contribution is 2.27. The molecule has 140 valence electrons. The lowest BCUT2D eigenvalue weighted by molar-refractivity contribution is -0.121. The average molecular weight is 370 g/mol. The van der Waals surface area contributed by atoms with E-state index in [1.807, 2.05) is 6.07 Å². The van der Waals surface area contributed by atoms with Gasteiger partial charge in [-0.1, -0.05) is 6.07 Å². The third kappa shape index (κ3) is 5.09. The second-order valence-electron chi connectivity index (χ2n) is 6.01. The molecule has 0 saturated carbocycles. The van der Waals surface area contributed by atoms with Crippen LogP contribution in [0.5, 0.6) is 11.5 Å². The summed E-state index contributed by atoms with van der Waals surface area (Å²) in [7, 11) is -0.0209. The molecule has 0 spiro atoms. The first-order chi connectivity index (χ1) is 11.9. The van der Waals surface area contributed by atoms with Gasteiger partial charge < -0.3 is 14.8 Å². The summed E-state index contributed by atoms with van der Waals surface area (Å²) in [5.74, 6) is 1.25. The molecule has 2 rings (SSSR count). The van der Waals surface area contributed by atoms with Crippen LogP contribution in [0.25, 0.3) is 0 Å². The van der Waals surface area contributed by atoms with E-state index >= 15 is 0 Å². The third-order valence-electron chi connectivity index (χ3n) is 4.39. The first-order valence-corrected chi connectivity index (χ1v) is 9.98. The largest absolute Gasteiger partial charge is 0.493 e. The number of rotatable bonds is 7. The van der Waals surface area contributed by atoms with Crippen molar-refractivity contribution in [3.8, 4) is 11.5 Å². The molecule has 0 radical (unpaired) electrons. The first-order valence-electron chi connectivity index (χ1n) is 8.37. The molecule has 1 amide bonds. The van der Waals surface area contributed by atoms with E-state index in [1.54, 1.807) is 33.3 Å². The van der Waals surface area contributed by atoms with Gasteiger partial charge in [-0.2, -0.15) is 0 Å². The summed E-state index contributed by atoms with van der Waals surface area (Å²) in [6.07, 6.45) is 1.52. The molecule has 0 atom stereocenters. The van der Waals surface area contributed by atoms with E-state index in [-0.39, 0.29) is 24.1 Å². The number of nitrogens with one attached hydrogen (secondary N) is 1. The van der Waals surface area contributed by atoms with Crippen molar-refractivity contribution < 1.29 is 22.7 Å². The van der Waals surface area contributed by atoms with E-state index in [2.05, 4.69) is 5.32 Å². The second kappa shape index (κ2) is 8.53. The number of ether oxygens (including phenoxy) is 2. The fraction of sp³-hybridized carbons (Fsp3) is 0.588. The number of sulfonamides is 1. The molecule has 1 aliphatic heterocycles. The summed E-state index contributed by atoms with van der Waals surface area (Å²) >= 11 is 0. The number of amides is 1. The monoisotopic (exact) mass is 370 g/mol. The molecule has 1 aliphatic rings. The minimum Gasteiger partial charge on any atom is -0.493 e. The average Bonchev–Trinajstić information content (AvgIpc) is 2.62. The maximum absolute atomic E-state index is 12.3. The van der Waals surface area contributed by atoms with Crippen molar-refractivity contribution in [1.29, 1.82) is 0 Å². The van der Waals surface area contributed by atoms with Crippen molar-refractivity contribution >= 4 is 15.9 Å². The van der Waals surface area contributed by atoms with Crippen LogP contribution in [0, 0.1) is 0 Å². The molecule has 1 aromatic carbocycles. The normalized spacial score (nSPS) is 16.4. The molecule has 25 heavy (non-hydrogen) atoms. The Bertz CT molecular complexity index is 697. The smallest absolute Gasteiger partial charge is 0.224 e. The van der Waals surface area contributed by atoms with Crippen LogP contribution < -0.4 is 14.8 Å². The van der Waals surface area contributed by atoms with E-state index in [0.29, 0.717) is 37.4 Å². The lowest BCUT2D eigenvalue weighted by Crippen LogP contribution is -2.47. The van der Waals surface area contributed by atoms with Crippen LogP contribution in [0.2, 0.25) is 0 Å². The molecule has 1 saturated heterocycles. The topological polar surface area (TPSA) is 84.9 Å². The number of carbonyl (C=O) groups excluding carboxylic acids is 1. The van der Waals surface area contributed by atoms with Gasteiger partial charge in [0.05, 0.1) is 26.4 Å². The Kier molecular flexibility index (Phi) is 6.66. The maximum atomic E-state index is 12.3. The number of methoxy groups -OCH3 is 2. The molecule has 1 heterocycles. The predicted molar refractivity (Wildman–Crippen MR) is 95.4 cm³/mol. The summed E-state index contributed by atoms with van der Waals surface area (Å²) in [6.45, 7) is 2.56. The van der Waals surface area contributed by atoms with Gasteiger partial charge in [-0.25, -0.2) is 12.7 Å². The van der Waals surface area contributed by atoms with Gasteiger partial charge >= 0.3 is 0 Å². The zero-order valence-corrected chi connectivity index (χ0v) is 15.8. The summed E-state index contributed by atoms with van der Waals surface area (Å²) in [5.41, 5.74) is 0.834. The summed E-state index contributed by atoms with van der Waals surface area (Å²) < 4.78 is 35.6. The van der Waals surface area contributed by atoms with Gasteiger partial charge in [0, 0.05) is 19.1 Å². The Morgan fingerprint density at radius 3 is 2.40 bits per heavy atom. The van der Waals surface area contributed by atoms with Gasteiger partial charge in [0.25, 0.3) is 0 Å². The molecular formula is C17H26N2O5S. The lowest BCUT2D eigenvalue weighted by Gasteiger charge is -2.31. The van der Waals surface area contributed by atoms with E-state index in [9.17, 15) is 13.2 Å². The third-order valence-corrected chi connectivity index (χ3v) is 6.27. The molecule has 0 aromatic heterocycles. The van der Waals surface area contributed by atoms with Crippen molar-refractivity contribution in [2.45, 2.75) is 32.2 Å². The predicted octanol–water partition coefficient (Wildman–Crippen LogP) is 1.18. The Morgan fingerprint density at radius 2 is 1.84 bits per heavy atom. The highest BCUT2D eigenvalue weighted by atomic mass is 32.2. The number of hydrogen-bond acceptors (Lipinski definition) is 5. The number of carbonyl (C=O) groups is 1. The zero-order chi connectivity index (χ0) is 18.4. The molecule has 8 heteroatoms. The van der Waals surface area contributed by atoms with Gasteiger partial charge in [-0.3, -0.25) is 4.79 Å². The summed E-state index contributed by atoms with van der Waals surface area (Å²) in [6, 6.07) is 5.40. The molecule has 0 bridgehead atoms. The number of benzene rings is 1. The minimum atomic E-state index is -3.14. The van der Waals surface area contributed by atoms with Crippen LogP contribution in [0.4, 0.5) is 0 Å². The summed E-state index contributed by atoms with van der Waals surface area (Å²) in [5, 5.41) is 2.99. The van der Waals surface area contributed by atoms with Crippen molar-refractivity contribution in [1.82, 2.24) is 9.62 Å². The van der Waals surface area contributed by atoms with Crippen molar-refractivity contribution in [2.24, 2.45) is 0 Å². The molecule has 1 aromatic rings. The minimum absolute atomic E-state index is 0.0101. The van der Waals surface area contributed by atoms with Crippen molar-refractivity contribution in [3.63, 3.8) is 0 Å². The van der Waals surface area contributed by atoms with Crippen LogP contribution in [0.15, 0.2) is 18.2 Å². The molecule has 1 fully saturated rings. The highest BCUT2D eigenvalue weighted by molar-refractivity contribution is 7.89. The van der Waals surface area contributed by atoms with Gasteiger partial charge in [0.2, 0.25) is 15.9 Å². The van der Waals surface area contributed by atoms with Gasteiger partial charge in [0.15, 0.2) is 11.5 Å². The SMILES string of the molecule is CCS(=O)(=O)N1CCC(NC(=O)Cc2ccc(OC)c(OC)c2)CC1. The van der Waals surface area contributed by atoms with Crippen LogP contribution in [0.1, 0.15) is 25.3 Å². The lowest BCUT2D eigenvalue weighted by atomic mass is 10.1. The fourth-order valence-corrected chi connectivity index (χ4v) is 4.05. The van der Waals surface area contributed by atoms with E-state index < -0.39 is 10.0 Å². The van der Waals surface area contributed by atoms with E-state index in [0.717, 1.165) is 5.56 Å². The Hall–Kier alpha value is -1.80. The number of hydrogen-bond donors (Lipinski definition) is 1. The molecule has 7 nitrogen and oxygen atoms in total. The molecule has 0 aliphatic carbocycles. The fourth-order valence-electron chi connectivity index (χ4n) is 2.92. The Labute approximate surface area is 149 Å². The van der Waals surface area contributed by atoms with E-state index in [4.69, 9.17) is 9.47 Å². The Morgan fingerprint density at radius 1 is 1.20 bits per heavy atom. The highest BCUT2D eigenvalue weighted by Gasteiger charge is 2.27. The molecular weight excluding hydrogens is 344 g/mol. The van der Waals surface area contributed by atoms with Gasteiger partial charge in [-0.15, -0.1) is 0 Å². The van der Waals surface area contributed by atoms with Gasteiger partial charge in [-0.05, 0) is 37.5 Å². The van der Waals surface area contributed by atoms with E-state index in [1.165, 1.54) is 4.31 Å². The second-order valence-corrected chi connectivity index (χ2v) is 8.27. The van der Waals surface area contributed by atoms with Crippen LogP contribution in [-0.4, -0.2) is 57.7 Å². The number of piperidine rings is 1. The van der Waals surface area contributed by atoms with Crippen LogP contribution in [0.3, 0.4) is 0 Å². The van der Waals surface area contributed by atoms with Crippen LogP contribution in [-0.2, 0) is 21.2 Å². The first kappa shape index (κ1) is 19.5. The number of nitrogens with zero attached hydrogens (tertiary/aromatic N) is 1. The summed E-state index contributed by atoms with van der Waals surface area (Å²) in [4.78, 5) is 12.3.